The van der Waals surface area contributed by atoms with Crippen molar-refractivity contribution >= 4 is 16.0 Å². The number of carbonyl (C=O) groups is 1. The van der Waals surface area contributed by atoms with Crippen molar-refractivity contribution in [3.8, 4) is 0 Å². The fraction of sp³-hybridized carbons (Fsp3) is 0.682. The molecule has 0 aromatic heterocycles. The Kier molecular flexibility index (Phi) is 4.96. The van der Waals surface area contributed by atoms with E-state index in [1.807, 2.05) is 0 Å². The lowest BCUT2D eigenvalue weighted by Gasteiger charge is -2.58. The summed E-state index contributed by atoms with van der Waals surface area (Å²) in [6.07, 6.45) is 4.82. The first-order valence-electron chi connectivity index (χ1n) is 10.8. The number of esters is 1. The number of hydrogen-bond donors (Lipinski definition) is 1. The number of carbonyl (C=O) groups excluding carboxylic acids is 1. The van der Waals surface area contributed by atoms with Gasteiger partial charge in [0.15, 0.2) is 0 Å². The van der Waals surface area contributed by atoms with Gasteiger partial charge in [0, 0.05) is 13.1 Å². The van der Waals surface area contributed by atoms with Gasteiger partial charge in [-0.15, -0.1) is 0 Å². The van der Waals surface area contributed by atoms with E-state index in [1.54, 1.807) is 24.3 Å². The van der Waals surface area contributed by atoms with E-state index in [9.17, 15) is 18.3 Å². The second-order valence-corrected chi connectivity index (χ2v) is 11.6. The van der Waals surface area contributed by atoms with E-state index in [4.69, 9.17) is 9.47 Å². The molecular formula is C22H29NO6S. The highest BCUT2D eigenvalue weighted by Crippen LogP contribution is 2.62. The van der Waals surface area contributed by atoms with Crippen LogP contribution in [0.4, 0.5) is 0 Å². The van der Waals surface area contributed by atoms with Crippen molar-refractivity contribution in [3.63, 3.8) is 0 Å². The Morgan fingerprint density at radius 1 is 1.17 bits per heavy atom. The molecular weight excluding hydrogens is 406 g/mol. The van der Waals surface area contributed by atoms with Gasteiger partial charge < -0.3 is 14.6 Å². The summed E-state index contributed by atoms with van der Waals surface area (Å²) in [5, 5.41) is 10.9. The highest BCUT2D eigenvalue weighted by molar-refractivity contribution is 7.89. The molecule has 1 aromatic rings. The van der Waals surface area contributed by atoms with Gasteiger partial charge >= 0.3 is 5.97 Å². The molecule has 4 saturated carbocycles. The fourth-order valence-corrected chi connectivity index (χ4v) is 7.97. The van der Waals surface area contributed by atoms with Gasteiger partial charge in [-0.2, -0.15) is 4.31 Å². The highest BCUT2D eigenvalue weighted by Gasteiger charge is 2.60. The third-order valence-corrected chi connectivity index (χ3v) is 9.23. The SMILES string of the molecule is O=C(OCc1cccc(S(=O)(=O)N2CCOCC2)c1)C12CC3CC(CC(O)(C3)C1)C2. The van der Waals surface area contributed by atoms with Crippen LogP contribution in [0, 0.1) is 17.3 Å². The number of aliphatic hydroxyl groups is 1. The third kappa shape index (κ3) is 3.57. The van der Waals surface area contributed by atoms with Crippen molar-refractivity contribution in [2.45, 2.75) is 55.6 Å². The molecule has 30 heavy (non-hydrogen) atoms. The van der Waals surface area contributed by atoms with Crippen molar-refractivity contribution in [3.05, 3.63) is 29.8 Å². The number of sulfonamides is 1. The molecule has 8 heteroatoms. The van der Waals surface area contributed by atoms with Crippen LogP contribution in [0.5, 0.6) is 0 Å². The number of nitrogens with zero attached hydrogens (tertiary/aromatic N) is 1. The van der Waals surface area contributed by atoms with Crippen LogP contribution in [0.1, 0.15) is 44.1 Å². The van der Waals surface area contributed by atoms with Crippen LogP contribution in [0.25, 0.3) is 0 Å². The van der Waals surface area contributed by atoms with Crippen LogP contribution in [-0.4, -0.2) is 55.7 Å². The lowest BCUT2D eigenvalue weighted by molar-refractivity contribution is -0.197. The summed E-state index contributed by atoms with van der Waals surface area (Å²) >= 11 is 0. The Morgan fingerprint density at radius 3 is 2.53 bits per heavy atom. The van der Waals surface area contributed by atoms with Crippen LogP contribution in [-0.2, 0) is 30.9 Å². The quantitative estimate of drug-likeness (QED) is 0.712. The molecule has 1 N–H and O–H groups in total. The first-order valence-corrected chi connectivity index (χ1v) is 12.3. The van der Waals surface area contributed by atoms with E-state index in [0.717, 1.165) is 32.1 Å². The van der Waals surface area contributed by atoms with Crippen LogP contribution in [0.2, 0.25) is 0 Å². The van der Waals surface area contributed by atoms with Gasteiger partial charge in [0.1, 0.15) is 6.61 Å². The third-order valence-electron chi connectivity index (χ3n) is 7.34. The predicted molar refractivity (Wildman–Crippen MR) is 108 cm³/mol. The summed E-state index contributed by atoms with van der Waals surface area (Å²) in [5.74, 6) is 0.577. The van der Waals surface area contributed by atoms with Crippen molar-refractivity contribution in [2.24, 2.45) is 17.3 Å². The van der Waals surface area contributed by atoms with E-state index in [1.165, 1.54) is 4.31 Å². The number of benzene rings is 1. The zero-order valence-corrected chi connectivity index (χ0v) is 17.9. The molecule has 1 saturated heterocycles. The Morgan fingerprint density at radius 2 is 1.87 bits per heavy atom. The Hall–Kier alpha value is -1.48. The maximum Gasteiger partial charge on any atom is 0.312 e. The van der Waals surface area contributed by atoms with Gasteiger partial charge in [0.25, 0.3) is 0 Å². The standard InChI is InChI=1S/C22H29NO6S/c24-20(21-10-17-8-18(11-21)13-22(25,12-17)15-21)29-14-16-2-1-3-19(9-16)30(26,27)23-4-6-28-7-5-23/h1-3,9,17-18,25H,4-8,10-15H2. The first kappa shape index (κ1) is 20.4. The summed E-state index contributed by atoms with van der Waals surface area (Å²) < 4.78 is 38.1. The molecule has 1 heterocycles. The number of ether oxygens (including phenoxy) is 2. The normalized spacial score (nSPS) is 36.0. The van der Waals surface area contributed by atoms with Gasteiger partial charge in [-0.05, 0) is 68.1 Å². The predicted octanol–water partition coefficient (Wildman–Crippen LogP) is 2.08. The molecule has 7 nitrogen and oxygen atoms in total. The van der Waals surface area contributed by atoms with Gasteiger partial charge in [0.05, 0.1) is 29.1 Å². The van der Waals surface area contributed by atoms with E-state index >= 15 is 0 Å². The zero-order chi connectivity index (χ0) is 21.0. The van der Waals surface area contributed by atoms with Crippen LogP contribution < -0.4 is 0 Å². The smallest absolute Gasteiger partial charge is 0.312 e. The van der Waals surface area contributed by atoms with Crippen LogP contribution >= 0.6 is 0 Å². The number of morpholine rings is 1. The Labute approximate surface area is 177 Å². The van der Waals surface area contributed by atoms with E-state index in [2.05, 4.69) is 0 Å². The minimum Gasteiger partial charge on any atom is -0.460 e. The van der Waals surface area contributed by atoms with Gasteiger partial charge in [-0.3, -0.25) is 4.79 Å². The topological polar surface area (TPSA) is 93.1 Å². The first-order chi connectivity index (χ1) is 14.3. The van der Waals surface area contributed by atoms with Gasteiger partial charge in [-0.25, -0.2) is 8.42 Å². The minimum absolute atomic E-state index is 0.0425. The average Bonchev–Trinajstić information content (AvgIpc) is 2.71. The van der Waals surface area contributed by atoms with E-state index in [-0.39, 0.29) is 17.5 Å². The number of rotatable bonds is 5. The minimum atomic E-state index is -3.59. The van der Waals surface area contributed by atoms with Crippen LogP contribution in [0.3, 0.4) is 0 Å². The summed E-state index contributed by atoms with van der Waals surface area (Å²) in [7, 11) is -3.59. The molecule has 5 aliphatic rings. The fourth-order valence-electron chi connectivity index (χ4n) is 6.49. The molecule has 4 bridgehead atoms. The Bertz CT molecular complexity index is 925. The molecule has 4 aliphatic carbocycles. The van der Waals surface area contributed by atoms with Crippen molar-refractivity contribution in [2.75, 3.05) is 26.3 Å². The molecule has 2 atom stereocenters. The lowest BCUT2D eigenvalue weighted by atomic mass is 9.48. The maximum atomic E-state index is 13.1. The molecule has 6 rings (SSSR count). The van der Waals surface area contributed by atoms with Crippen molar-refractivity contribution in [1.82, 2.24) is 4.31 Å². The summed E-state index contributed by atoms with van der Waals surface area (Å²) in [6.45, 7) is 1.52. The molecule has 164 valence electrons. The van der Waals surface area contributed by atoms with Gasteiger partial charge in [0.2, 0.25) is 10.0 Å². The molecule has 5 fully saturated rings. The summed E-state index contributed by atoms with van der Waals surface area (Å²) in [4.78, 5) is 13.3. The van der Waals surface area contributed by atoms with Crippen LogP contribution in [0.15, 0.2) is 29.2 Å². The second kappa shape index (κ2) is 7.29. The monoisotopic (exact) mass is 435 g/mol. The second-order valence-electron chi connectivity index (χ2n) is 9.71. The van der Waals surface area contributed by atoms with Crippen molar-refractivity contribution in [1.29, 1.82) is 0 Å². The number of hydrogen-bond acceptors (Lipinski definition) is 6. The molecule has 1 aromatic carbocycles. The average molecular weight is 436 g/mol. The maximum absolute atomic E-state index is 13.1. The largest absolute Gasteiger partial charge is 0.460 e. The molecule has 0 amide bonds. The summed E-state index contributed by atoms with van der Waals surface area (Å²) in [5.41, 5.74) is -0.632. The lowest BCUT2D eigenvalue weighted by Crippen LogP contribution is -2.58. The highest BCUT2D eigenvalue weighted by atomic mass is 32.2. The molecule has 0 radical (unpaired) electrons. The zero-order valence-electron chi connectivity index (χ0n) is 17.1. The van der Waals surface area contributed by atoms with Crippen molar-refractivity contribution < 1.29 is 27.8 Å². The van der Waals surface area contributed by atoms with E-state index in [0.29, 0.717) is 50.1 Å². The van der Waals surface area contributed by atoms with E-state index < -0.39 is 21.0 Å². The molecule has 0 spiro atoms. The summed E-state index contributed by atoms with van der Waals surface area (Å²) in [6, 6.07) is 6.62. The molecule has 1 aliphatic heterocycles. The van der Waals surface area contributed by atoms with Gasteiger partial charge in [-0.1, -0.05) is 12.1 Å². The Balaban J connectivity index is 1.28. The molecule has 2 unspecified atom stereocenters.